The lowest BCUT2D eigenvalue weighted by atomic mass is 10.1. The first-order chi connectivity index (χ1) is 17.8. The zero-order valence-electron chi connectivity index (χ0n) is 19.2. The van der Waals surface area contributed by atoms with Crippen molar-refractivity contribution in [2.24, 2.45) is 0 Å². The summed E-state index contributed by atoms with van der Waals surface area (Å²) in [5.74, 6) is -0.776. The molecule has 0 aliphatic carbocycles. The first-order valence-electron chi connectivity index (χ1n) is 11.3. The van der Waals surface area contributed by atoms with Gasteiger partial charge in [-0.2, -0.15) is 0 Å². The van der Waals surface area contributed by atoms with Gasteiger partial charge in [0.2, 0.25) is 0 Å². The summed E-state index contributed by atoms with van der Waals surface area (Å²) in [5, 5.41) is 0. The summed E-state index contributed by atoms with van der Waals surface area (Å²) in [6, 6.07) is 22.2. The largest absolute Gasteiger partial charge is 0.457 e. The number of anilines is 4. The molecule has 0 unspecified atom stereocenters. The molecular formula is C28H18N4O5. The minimum atomic E-state index is -0.438. The van der Waals surface area contributed by atoms with Gasteiger partial charge in [-0.1, -0.05) is 0 Å². The summed E-state index contributed by atoms with van der Waals surface area (Å²) < 4.78 is 5.87. The second kappa shape index (κ2) is 8.06. The zero-order chi connectivity index (χ0) is 25.8. The molecule has 0 bridgehead atoms. The average Bonchev–Trinajstić information content (AvgIpc) is 3.28. The molecule has 0 radical (unpaired) electrons. The molecule has 9 heteroatoms. The minimum absolute atomic E-state index is 0.270. The number of fused-ring (bicyclic) bond motifs is 2. The van der Waals surface area contributed by atoms with Crippen molar-refractivity contribution in [1.82, 2.24) is 0 Å². The summed E-state index contributed by atoms with van der Waals surface area (Å²) in [6.45, 7) is 0. The van der Waals surface area contributed by atoms with Gasteiger partial charge in [-0.15, -0.1) is 0 Å². The van der Waals surface area contributed by atoms with E-state index >= 15 is 0 Å². The third kappa shape index (κ3) is 3.49. The Morgan fingerprint density at radius 2 is 0.811 bits per heavy atom. The monoisotopic (exact) mass is 490 g/mol. The minimum Gasteiger partial charge on any atom is -0.457 e. The smallest absolute Gasteiger partial charge is 0.266 e. The molecule has 6 rings (SSSR count). The van der Waals surface area contributed by atoms with Gasteiger partial charge in [0, 0.05) is 11.4 Å². The second-order valence-electron chi connectivity index (χ2n) is 8.59. The van der Waals surface area contributed by atoms with Gasteiger partial charge in [-0.05, 0) is 84.9 Å². The van der Waals surface area contributed by atoms with E-state index in [0.29, 0.717) is 45.4 Å². The third-order valence-corrected chi connectivity index (χ3v) is 6.25. The molecule has 0 aromatic heterocycles. The van der Waals surface area contributed by atoms with E-state index in [1.165, 1.54) is 12.1 Å². The Labute approximate surface area is 210 Å². The lowest BCUT2D eigenvalue weighted by Gasteiger charge is -2.16. The average molecular weight is 490 g/mol. The van der Waals surface area contributed by atoms with Gasteiger partial charge < -0.3 is 16.2 Å². The standard InChI is InChI=1S/C28H18N4O5/c29-15-1-11-21-23(13-15)27(35)31(25(21)33)17-3-7-19(8-4-17)37-20-9-5-18(6-10-20)32-26(34)22-12-2-16(30)14-24(22)28(32)36/h1-14H,29-30H2. The molecule has 0 fully saturated rings. The SMILES string of the molecule is Nc1ccc2c(c1)C(=O)N(c1ccc(Oc3ccc(N4C(=O)c5ccc(N)cc5C4=O)cc3)cc1)C2=O. The number of benzene rings is 4. The van der Waals surface area contributed by atoms with Crippen LogP contribution in [0.2, 0.25) is 0 Å². The maximum Gasteiger partial charge on any atom is 0.266 e. The number of nitrogens with two attached hydrogens (primary N) is 2. The molecule has 4 amide bonds. The molecular weight excluding hydrogens is 472 g/mol. The lowest BCUT2D eigenvalue weighted by molar-refractivity contribution is 0.0910. The highest BCUT2D eigenvalue weighted by Crippen LogP contribution is 2.33. The molecule has 2 aliphatic heterocycles. The van der Waals surface area contributed by atoms with Gasteiger partial charge in [0.25, 0.3) is 23.6 Å². The number of ether oxygens (including phenoxy) is 1. The number of carbonyl (C=O) groups is 4. The predicted octanol–water partition coefficient (Wildman–Crippen LogP) is 4.24. The van der Waals surface area contributed by atoms with Crippen LogP contribution in [0.5, 0.6) is 11.5 Å². The highest BCUT2D eigenvalue weighted by Gasteiger charge is 2.37. The summed E-state index contributed by atoms with van der Waals surface area (Å²) >= 11 is 0. The Kier molecular flexibility index (Phi) is 4.80. The highest BCUT2D eigenvalue weighted by molar-refractivity contribution is 6.35. The molecule has 9 nitrogen and oxygen atoms in total. The van der Waals surface area contributed by atoms with Crippen LogP contribution in [0.15, 0.2) is 84.9 Å². The Hall–Kier alpha value is -5.44. The second-order valence-corrected chi connectivity index (χ2v) is 8.59. The van der Waals surface area contributed by atoms with Crippen molar-refractivity contribution in [3.05, 3.63) is 107 Å². The van der Waals surface area contributed by atoms with E-state index in [9.17, 15) is 19.2 Å². The molecule has 4 N–H and O–H groups in total. The number of hydrogen-bond donors (Lipinski definition) is 2. The highest BCUT2D eigenvalue weighted by atomic mass is 16.5. The van der Waals surface area contributed by atoms with E-state index in [2.05, 4.69) is 0 Å². The summed E-state index contributed by atoms with van der Waals surface area (Å²) in [6.07, 6.45) is 0. The maximum absolute atomic E-state index is 12.8. The number of carbonyl (C=O) groups excluding carboxylic acids is 4. The fraction of sp³-hybridized carbons (Fsp3) is 0. The van der Waals surface area contributed by atoms with Crippen molar-refractivity contribution in [3.8, 4) is 11.5 Å². The first kappa shape index (κ1) is 22.1. The van der Waals surface area contributed by atoms with Gasteiger partial charge in [0.15, 0.2) is 0 Å². The van der Waals surface area contributed by atoms with Gasteiger partial charge in [-0.25, -0.2) is 9.80 Å². The van der Waals surface area contributed by atoms with Crippen molar-refractivity contribution in [2.75, 3.05) is 21.3 Å². The number of amides is 4. The number of nitrogens with zero attached hydrogens (tertiary/aromatic N) is 2. The Morgan fingerprint density at radius 1 is 0.459 bits per heavy atom. The summed E-state index contributed by atoms with van der Waals surface area (Å²) in [7, 11) is 0. The molecule has 180 valence electrons. The van der Waals surface area contributed by atoms with Crippen molar-refractivity contribution >= 4 is 46.4 Å². The van der Waals surface area contributed by atoms with Crippen LogP contribution in [0.3, 0.4) is 0 Å². The van der Waals surface area contributed by atoms with Crippen LogP contribution in [0, 0.1) is 0 Å². The van der Waals surface area contributed by atoms with E-state index in [-0.39, 0.29) is 11.1 Å². The number of rotatable bonds is 4. The molecule has 0 saturated carbocycles. The van der Waals surface area contributed by atoms with Crippen LogP contribution in [-0.4, -0.2) is 23.6 Å². The maximum atomic E-state index is 12.8. The molecule has 4 aromatic rings. The van der Waals surface area contributed by atoms with E-state index in [0.717, 1.165) is 9.80 Å². The van der Waals surface area contributed by atoms with Gasteiger partial charge in [-0.3, -0.25) is 19.2 Å². The normalized spacial score (nSPS) is 14.3. The molecule has 0 saturated heterocycles. The summed E-state index contributed by atoms with van der Waals surface area (Å²) in [5.41, 5.74) is 14.3. The fourth-order valence-corrected chi connectivity index (χ4v) is 4.45. The van der Waals surface area contributed by atoms with Crippen LogP contribution >= 0.6 is 0 Å². The lowest BCUT2D eigenvalue weighted by Crippen LogP contribution is -2.29. The van der Waals surface area contributed by atoms with E-state index in [1.54, 1.807) is 72.8 Å². The molecule has 2 aliphatic rings. The van der Waals surface area contributed by atoms with Crippen LogP contribution in [0.25, 0.3) is 0 Å². The van der Waals surface area contributed by atoms with Gasteiger partial charge in [0.1, 0.15) is 11.5 Å². The van der Waals surface area contributed by atoms with Crippen LogP contribution in [0.1, 0.15) is 41.4 Å². The molecule has 4 aromatic carbocycles. The van der Waals surface area contributed by atoms with Crippen molar-refractivity contribution in [3.63, 3.8) is 0 Å². The zero-order valence-corrected chi connectivity index (χ0v) is 19.2. The fourth-order valence-electron chi connectivity index (χ4n) is 4.45. The Balaban J connectivity index is 1.18. The van der Waals surface area contributed by atoms with Crippen molar-refractivity contribution in [2.45, 2.75) is 0 Å². The number of nitrogen functional groups attached to an aromatic ring is 2. The summed E-state index contributed by atoms with van der Waals surface area (Å²) in [4.78, 5) is 53.2. The molecule has 37 heavy (non-hydrogen) atoms. The first-order valence-corrected chi connectivity index (χ1v) is 11.3. The van der Waals surface area contributed by atoms with E-state index < -0.39 is 23.6 Å². The quantitative estimate of drug-likeness (QED) is 0.322. The third-order valence-electron chi connectivity index (χ3n) is 6.25. The van der Waals surface area contributed by atoms with Gasteiger partial charge in [0.05, 0.1) is 33.6 Å². The van der Waals surface area contributed by atoms with Crippen LogP contribution < -0.4 is 26.0 Å². The van der Waals surface area contributed by atoms with E-state index in [1.807, 2.05) is 0 Å². The van der Waals surface area contributed by atoms with Crippen molar-refractivity contribution in [1.29, 1.82) is 0 Å². The van der Waals surface area contributed by atoms with Gasteiger partial charge >= 0.3 is 0 Å². The number of hydrogen-bond acceptors (Lipinski definition) is 7. The molecule has 0 atom stereocenters. The van der Waals surface area contributed by atoms with Crippen LogP contribution in [-0.2, 0) is 0 Å². The Morgan fingerprint density at radius 3 is 1.19 bits per heavy atom. The van der Waals surface area contributed by atoms with E-state index in [4.69, 9.17) is 16.2 Å². The number of imide groups is 2. The predicted molar refractivity (Wildman–Crippen MR) is 137 cm³/mol. The topological polar surface area (TPSA) is 136 Å². The Bertz CT molecular complexity index is 1520. The molecule has 2 heterocycles. The van der Waals surface area contributed by atoms with Crippen LogP contribution in [0.4, 0.5) is 22.7 Å². The van der Waals surface area contributed by atoms with Crippen molar-refractivity contribution < 1.29 is 23.9 Å². The molecule has 0 spiro atoms.